The van der Waals surface area contributed by atoms with E-state index in [1.807, 2.05) is 0 Å². The zero-order valence-electron chi connectivity index (χ0n) is 29.0. The topological polar surface area (TPSA) is 118 Å². The summed E-state index contributed by atoms with van der Waals surface area (Å²) in [5.41, 5.74) is 0.730. The fourth-order valence-corrected chi connectivity index (χ4v) is 5.92. The van der Waals surface area contributed by atoms with Gasteiger partial charge in [0.25, 0.3) is 0 Å². The Morgan fingerprint density at radius 3 is 1.36 bits per heavy atom. The van der Waals surface area contributed by atoms with Crippen molar-refractivity contribution in [2.75, 3.05) is 6.61 Å². The monoisotopic (exact) mass is 687 g/mol. The minimum absolute atomic E-state index is 0.235. The largest absolute Gasteiger partial charge is 0.452 e. The molecule has 0 amide bonds. The molecule has 0 aliphatic carbocycles. The number of hydrogen-bond donors (Lipinski definition) is 1. The molecule has 5 atom stereocenters. The van der Waals surface area contributed by atoms with Crippen molar-refractivity contribution in [3.63, 3.8) is 0 Å². The van der Waals surface area contributed by atoms with E-state index in [0.717, 1.165) is 32.3 Å². The maximum absolute atomic E-state index is 13.4. The third-order valence-electron chi connectivity index (χ3n) is 8.72. The Hall–Kier alpha value is -4.05. The summed E-state index contributed by atoms with van der Waals surface area (Å²) in [6, 6.07) is 24.9. The van der Waals surface area contributed by atoms with Gasteiger partial charge in [-0.3, -0.25) is 0 Å². The van der Waals surface area contributed by atoms with Gasteiger partial charge in [-0.25, -0.2) is 14.4 Å². The summed E-state index contributed by atoms with van der Waals surface area (Å²) >= 11 is 0. The van der Waals surface area contributed by atoms with Gasteiger partial charge in [0.1, 0.15) is 12.7 Å². The Morgan fingerprint density at radius 2 is 0.940 bits per heavy atom. The van der Waals surface area contributed by atoms with Crippen LogP contribution in [0.15, 0.2) is 91.0 Å². The first-order valence-corrected chi connectivity index (χ1v) is 18.0. The van der Waals surface area contributed by atoms with Crippen molar-refractivity contribution < 1.29 is 43.2 Å². The maximum atomic E-state index is 13.4. The molecule has 1 N–H and O–H groups in total. The lowest BCUT2D eigenvalue weighted by Gasteiger charge is -2.44. The van der Waals surface area contributed by atoms with Gasteiger partial charge in [0.15, 0.2) is 24.6 Å². The van der Waals surface area contributed by atoms with E-state index < -0.39 is 48.6 Å². The highest BCUT2D eigenvalue weighted by molar-refractivity contribution is 5.91. The third-order valence-corrected chi connectivity index (χ3v) is 8.72. The molecular weight excluding hydrogens is 636 g/mol. The van der Waals surface area contributed by atoms with Crippen LogP contribution in [-0.2, 0) is 23.7 Å². The maximum Gasteiger partial charge on any atom is 0.338 e. The first-order chi connectivity index (χ1) is 24.5. The van der Waals surface area contributed by atoms with E-state index in [0.29, 0.717) is 0 Å². The van der Waals surface area contributed by atoms with Crippen molar-refractivity contribution >= 4 is 17.9 Å². The number of esters is 3. The average molecular weight is 688 g/mol. The van der Waals surface area contributed by atoms with Gasteiger partial charge in [-0.2, -0.15) is 0 Å². The van der Waals surface area contributed by atoms with Gasteiger partial charge in [0.2, 0.25) is 0 Å². The van der Waals surface area contributed by atoms with Gasteiger partial charge in [0.05, 0.1) is 16.7 Å². The third kappa shape index (κ3) is 12.4. The van der Waals surface area contributed by atoms with Crippen molar-refractivity contribution in [3.8, 4) is 0 Å². The fraction of sp³-hybridized carbons (Fsp3) is 0.463. The molecule has 50 heavy (non-hydrogen) atoms. The molecule has 0 spiro atoms. The SMILES string of the molecule is CCCCCCCCCCCCCCO[C@@H]1O[C@H]([CH]O)[C@@H](OC(=O)c2ccccc2)[C@H](OC(=O)c2ccccc2)[C@H]1OC(=O)c1ccccc1. The fourth-order valence-electron chi connectivity index (χ4n) is 5.92. The predicted octanol–water partition coefficient (Wildman–Crippen LogP) is 8.64. The Bertz CT molecular complexity index is 1400. The molecule has 1 aliphatic rings. The standard InChI is InChI=1S/C41H51O9/c1-2-3-4-5-6-7-8-9-10-11-12-22-29-46-41-37(50-40(45)33-27-20-15-21-28-33)36(49-39(44)32-25-18-14-19-26-32)35(34(30-42)47-41)48-38(43)31-23-16-13-17-24-31/h13-21,23-28,30,34-37,41-42H,2-12,22,29H2,1H3/t34-,35-,36+,37-,41-/m1/s1. The molecule has 0 unspecified atom stereocenters. The van der Waals surface area contributed by atoms with Crippen molar-refractivity contribution in [1.29, 1.82) is 0 Å². The van der Waals surface area contributed by atoms with E-state index in [1.165, 1.54) is 51.4 Å². The lowest BCUT2D eigenvalue weighted by molar-refractivity contribution is -0.292. The Balaban J connectivity index is 1.47. The van der Waals surface area contributed by atoms with Crippen molar-refractivity contribution in [2.45, 2.75) is 115 Å². The van der Waals surface area contributed by atoms with Crippen LogP contribution < -0.4 is 0 Å². The van der Waals surface area contributed by atoms with Crippen LogP contribution >= 0.6 is 0 Å². The molecule has 3 aromatic carbocycles. The quantitative estimate of drug-likeness (QED) is 0.0667. The van der Waals surface area contributed by atoms with Crippen molar-refractivity contribution in [1.82, 2.24) is 0 Å². The van der Waals surface area contributed by atoms with Crippen molar-refractivity contribution in [2.24, 2.45) is 0 Å². The minimum atomic E-state index is -1.41. The number of hydrogen-bond acceptors (Lipinski definition) is 9. The highest BCUT2D eigenvalue weighted by Crippen LogP contribution is 2.32. The number of rotatable bonds is 21. The smallest absolute Gasteiger partial charge is 0.338 e. The highest BCUT2D eigenvalue weighted by atomic mass is 16.7. The summed E-state index contributed by atoms with van der Waals surface area (Å²) < 4.78 is 30.0. The molecule has 1 heterocycles. The number of aliphatic hydroxyl groups excluding tert-OH is 1. The predicted molar refractivity (Wildman–Crippen MR) is 189 cm³/mol. The summed E-state index contributed by atoms with van der Waals surface area (Å²) in [7, 11) is 0. The van der Waals surface area contributed by atoms with Gasteiger partial charge < -0.3 is 28.8 Å². The Labute approximate surface area is 296 Å². The van der Waals surface area contributed by atoms with Crippen LogP contribution in [0.4, 0.5) is 0 Å². The Kier molecular flexibility index (Phi) is 17.0. The van der Waals surface area contributed by atoms with Gasteiger partial charge in [-0.05, 0) is 42.8 Å². The van der Waals surface area contributed by atoms with Gasteiger partial charge in [-0.15, -0.1) is 0 Å². The van der Waals surface area contributed by atoms with Crippen LogP contribution in [0.1, 0.15) is 115 Å². The molecular formula is C41H51O9. The summed E-state index contributed by atoms with van der Waals surface area (Å²) in [6.45, 7) is 3.23. The molecule has 0 saturated carbocycles. The number of unbranched alkanes of at least 4 members (excludes halogenated alkanes) is 11. The second kappa shape index (κ2) is 21.9. The normalized spacial score (nSPS) is 20.2. The van der Waals surface area contributed by atoms with Gasteiger partial charge >= 0.3 is 17.9 Å². The van der Waals surface area contributed by atoms with E-state index >= 15 is 0 Å². The number of aliphatic hydroxyl groups is 1. The van der Waals surface area contributed by atoms with Crippen LogP contribution in [0.3, 0.4) is 0 Å². The molecule has 269 valence electrons. The summed E-state index contributed by atoms with van der Waals surface area (Å²) in [5.74, 6) is -2.19. The second-order valence-corrected chi connectivity index (χ2v) is 12.6. The van der Waals surface area contributed by atoms with Crippen LogP contribution in [-0.4, -0.2) is 60.3 Å². The minimum Gasteiger partial charge on any atom is -0.452 e. The average Bonchev–Trinajstić information content (AvgIpc) is 3.16. The van der Waals surface area contributed by atoms with Crippen LogP contribution in [0.5, 0.6) is 0 Å². The molecule has 4 rings (SSSR count). The lowest BCUT2D eigenvalue weighted by Crippen LogP contribution is -2.62. The molecule has 1 aliphatic heterocycles. The molecule has 9 nitrogen and oxygen atoms in total. The summed E-state index contributed by atoms with van der Waals surface area (Å²) in [5, 5.41) is 10.3. The van der Waals surface area contributed by atoms with E-state index in [9.17, 15) is 19.5 Å². The second-order valence-electron chi connectivity index (χ2n) is 12.6. The highest BCUT2D eigenvalue weighted by Gasteiger charge is 2.53. The first kappa shape index (κ1) is 38.7. The van der Waals surface area contributed by atoms with Gasteiger partial charge in [0, 0.05) is 6.61 Å². The molecule has 0 bridgehead atoms. The van der Waals surface area contributed by atoms with E-state index in [2.05, 4.69) is 6.92 Å². The molecule has 1 radical (unpaired) electrons. The zero-order chi connectivity index (χ0) is 35.4. The molecule has 9 heteroatoms. The number of carbonyl (C=O) groups excluding carboxylic acids is 3. The Morgan fingerprint density at radius 1 is 0.560 bits per heavy atom. The molecule has 3 aromatic rings. The molecule has 1 fully saturated rings. The van der Waals surface area contributed by atoms with E-state index in [-0.39, 0.29) is 23.3 Å². The van der Waals surface area contributed by atoms with Crippen LogP contribution in [0.25, 0.3) is 0 Å². The van der Waals surface area contributed by atoms with E-state index in [4.69, 9.17) is 23.7 Å². The number of carbonyl (C=O) groups is 3. The van der Waals surface area contributed by atoms with Gasteiger partial charge in [-0.1, -0.05) is 132 Å². The zero-order valence-corrected chi connectivity index (χ0v) is 29.0. The number of ether oxygens (including phenoxy) is 5. The molecule has 1 saturated heterocycles. The van der Waals surface area contributed by atoms with Crippen molar-refractivity contribution in [3.05, 3.63) is 114 Å². The first-order valence-electron chi connectivity index (χ1n) is 18.0. The number of benzene rings is 3. The van der Waals surface area contributed by atoms with Crippen LogP contribution in [0, 0.1) is 6.61 Å². The van der Waals surface area contributed by atoms with E-state index in [1.54, 1.807) is 91.0 Å². The summed E-state index contributed by atoms with van der Waals surface area (Å²) in [6.07, 6.45) is 7.55. The summed E-state index contributed by atoms with van der Waals surface area (Å²) in [4.78, 5) is 40.1. The molecule has 0 aromatic heterocycles. The lowest BCUT2D eigenvalue weighted by atomic mass is 9.97. The van der Waals surface area contributed by atoms with Crippen LogP contribution in [0.2, 0.25) is 0 Å².